The maximum atomic E-state index is 10.7. The second-order valence-electron chi connectivity index (χ2n) is 5.73. The van der Waals surface area contributed by atoms with Gasteiger partial charge in [0, 0.05) is 24.0 Å². The third kappa shape index (κ3) is 2.62. The van der Waals surface area contributed by atoms with Crippen LogP contribution in [-0.4, -0.2) is 21.7 Å². The summed E-state index contributed by atoms with van der Waals surface area (Å²) in [6, 6.07) is 10.4. The predicted molar refractivity (Wildman–Crippen MR) is 76.8 cm³/mol. The second kappa shape index (κ2) is 4.91. The molecule has 0 spiro atoms. The molecule has 0 aliphatic heterocycles. The third-order valence-corrected chi connectivity index (χ3v) is 4.22. The standard InChI is InChI=1S/C16H20N2O/c17-13-5-8-16(19,9-6-13)11-12-7-10-18-15-4-2-1-3-14(12)15/h1-4,7,10,13,19H,5-6,8-9,11,17H2. The highest BCUT2D eigenvalue weighted by molar-refractivity contribution is 5.81. The average molecular weight is 256 g/mol. The van der Waals surface area contributed by atoms with E-state index in [1.54, 1.807) is 0 Å². The van der Waals surface area contributed by atoms with E-state index in [1.165, 1.54) is 5.56 Å². The fourth-order valence-electron chi connectivity index (χ4n) is 3.02. The molecule has 1 aliphatic carbocycles. The quantitative estimate of drug-likeness (QED) is 0.867. The summed E-state index contributed by atoms with van der Waals surface area (Å²) in [5, 5.41) is 11.9. The maximum absolute atomic E-state index is 10.7. The van der Waals surface area contributed by atoms with Crippen molar-refractivity contribution in [2.24, 2.45) is 5.73 Å². The second-order valence-corrected chi connectivity index (χ2v) is 5.73. The first-order valence-corrected chi connectivity index (χ1v) is 6.97. The van der Waals surface area contributed by atoms with E-state index in [2.05, 4.69) is 11.1 Å². The Morgan fingerprint density at radius 2 is 1.95 bits per heavy atom. The molecule has 1 fully saturated rings. The SMILES string of the molecule is NC1CCC(O)(Cc2ccnc3ccccc23)CC1. The van der Waals surface area contributed by atoms with Gasteiger partial charge in [0.25, 0.3) is 0 Å². The smallest absolute Gasteiger partial charge is 0.0704 e. The molecule has 0 atom stereocenters. The van der Waals surface area contributed by atoms with Crippen LogP contribution in [0.4, 0.5) is 0 Å². The van der Waals surface area contributed by atoms with Crippen LogP contribution in [0.25, 0.3) is 10.9 Å². The monoisotopic (exact) mass is 256 g/mol. The van der Waals surface area contributed by atoms with Crippen LogP contribution in [0.15, 0.2) is 36.5 Å². The minimum Gasteiger partial charge on any atom is -0.390 e. The molecule has 19 heavy (non-hydrogen) atoms. The largest absolute Gasteiger partial charge is 0.390 e. The fourth-order valence-corrected chi connectivity index (χ4v) is 3.02. The minimum absolute atomic E-state index is 0.259. The van der Waals surface area contributed by atoms with Crippen LogP contribution in [0, 0.1) is 0 Å². The normalized spacial score (nSPS) is 27.6. The van der Waals surface area contributed by atoms with Crippen LogP contribution in [0.5, 0.6) is 0 Å². The van der Waals surface area contributed by atoms with E-state index < -0.39 is 5.60 Å². The van der Waals surface area contributed by atoms with E-state index in [4.69, 9.17) is 5.73 Å². The first-order valence-electron chi connectivity index (χ1n) is 6.97. The Kier molecular flexibility index (Phi) is 3.25. The molecule has 3 N–H and O–H groups in total. The number of aromatic nitrogens is 1. The molecule has 1 saturated carbocycles. The molecular formula is C16H20N2O. The summed E-state index contributed by atoms with van der Waals surface area (Å²) in [6.45, 7) is 0. The number of nitrogens with two attached hydrogens (primary N) is 1. The topological polar surface area (TPSA) is 59.1 Å². The Labute approximate surface area is 113 Å². The number of para-hydroxylation sites is 1. The summed E-state index contributed by atoms with van der Waals surface area (Å²) in [4.78, 5) is 4.37. The molecule has 0 amide bonds. The molecule has 3 nitrogen and oxygen atoms in total. The Morgan fingerprint density at radius 1 is 1.21 bits per heavy atom. The zero-order chi connectivity index (χ0) is 13.3. The number of hydrogen-bond donors (Lipinski definition) is 2. The Bertz CT molecular complexity index is 568. The lowest BCUT2D eigenvalue weighted by molar-refractivity contribution is 0.000479. The van der Waals surface area contributed by atoms with Gasteiger partial charge in [-0.15, -0.1) is 0 Å². The number of benzene rings is 1. The van der Waals surface area contributed by atoms with Gasteiger partial charge in [-0.25, -0.2) is 0 Å². The van der Waals surface area contributed by atoms with Crippen LogP contribution < -0.4 is 5.73 Å². The van der Waals surface area contributed by atoms with Crippen molar-refractivity contribution in [3.63, 3.8) is 0 Å². The Balaban J connectivity index is 1.89. The number of fused-ring (bicyclic) bond motifs is 1. The van der Waals surface area contributed by atoms with Crippen molar-refractivity contribution in [3.8, 4) is 0 Å². The lowest BCUT2D eigenvalue weighted by atomic mass is 9.78. The highest BCUT2D eigenvalue weighted by atomic mass is 16.3. The van der Waals surface area contributed by atoms with Gasteiger partial charge in [-0.05, 0) is 43.4 Å². The van der Waals surface area contributed by atoms with Gasteiger partial charge in [0.2, 0.25) is 0 Å². The zero-order valence-corrected chi connectivity index (χ0v) is 11.0. The summed E-state index contributed by atoms with van der Waals surface area (Å²) in [6.07, 6.45) is 5.95. The van der Waals surface area contributed by atoms with E-state index in [0.29, 0.717) is 6.42 Å². The van der Waals surface area contributed by atoms with Gasteiger partial charge >= 0.3 is 0 Å². The maximum Gasteiger partial charge on any atom is 0.0704 e. The molecule has 0 unspecified atom stereocenters. The summed E-state index contributed by atoms with van der Waals surface area (Å²) in [7, 11) is 0. The van der Waals surface area contributed by atoms with Crippen molar-refractivity contribution in [1.82, 2.24) is 4.98 Å². The van der Waals surface area contributed by atoms with Crippen molar-refractivity contribution in [2.75, 3.05) is 0 Å². The first kappa shape index (κ1) is 12.6. The Morgan fingerprint density at radius 3 is 2.74 bits per heavy atom. The Hall–Kier alpha value is -1.45. The first-order chi connectivity index (χ1) is 9.16. The summed E-state index contributed by atoms with van der Waals surface area (Å²) in [5.74, 6) is 0. The average Bonchev–Trinajstić information content (AvgIpc) is 2.43. The highest BCUT2D eigenvalue weighted by Crippen LogP contribution is 2.32. The fraction of sp³-hybridized carbons (Fsp3) is 0.438. The molecule has 3 heteroatoms. The number of pyridine rings is 1. The van der Waals surface area contributed by atoms with E-state index in [9.17, 15) is 5.11 Å². The van der Waals surface area contributed by atoms with Gasteiger partial charge in [0.15, 0.2) is 0 Å². The van der Waals surface area contributed by atoms with Crippen molar-refractivity contribution < 1.29 is 5.11 Å². The van der Waals surface area contributed by atoms with Crippen LogP contribution in [0.3, 0.4) is 0 Å². The highest BCUT2D eigenvalue weighted by Gasteiger charge is 2.32. The zero-order valence-electron chi connectivity index (χ0n) is 11.0. The molecular weight excluding hydrogens is 236 g/mol. The molecule has 0 bridgehead atoms. The molecule has 2 aromatic rings. The molecule has 0 saturated heterocycles. The number of nitrogens with zero attached hydrogens (tertiary/aromatic N) is 1. The number of rotatable bonds is 2. The molecule has 0 radical (unpaired) electrons. The minimum atomic E-state index is -0.597. The van der Waals surface area contributed by atoms with Crippen molar-refractivity contribution in [1.29, 1.82) is 0 Å². The van der Waals surface area contributed by atoms with E-state index in [0.717, 1.165) is 36.6 Å². The molecule has 100 valence electrons. The van der Waals surface area contributed by atoms with Gasteiger partial charge < -0.3 is 10.8 Å². The van der Waals surface area contributed by atoms with Crippen LogP contribution in [-0.2, 0) is 6.42 Å². The number of hydrogen-bond acceptors (Lipinski definition) is 3. The van der Waals surface area contributed by atoms with Gasteiger partial charge in [0.1, 0.15) is 0 Å². The van der Waals surface area contributed by atoms with Crippen molar-refractivity contribution in [3.05, 3.63) is 42.1 Å². The van der Waals surface area contributed by atoms with E-state index >= 15 is 0 Å². The van der Waals surface area contributed by atoms with Crippen LogP contribution >= 0.6 is 0 Å². The molecule has 1 heterocycles. The lowest BCUT2D eigenvalue weighted by Crippen LogP contribution is -2.40. The van der Waals surface area contributed by atoms with Crippen LogP contribution in [0.2, 0.25) is 0 Å². The van der Waals surface area contributed by atoms with Crippen molar-refractivity contribution in [2.45, 2.75) is 43.7 Å². The predicted octanol–water partition coefficient (Wildman–Crippen LogP) is 2.41. The van der Waals surface area contributed by atoms with Gasteiger partial charge in [0.05, 0.1) is 11.1 Å². The number of aliphatic hydroxyl groups is 1. The van der Waals surface area contributed by atoms with Crippen LogP contribution in [0.1, 0.15) is 31.2 Å². The lowest BCUT2D eigenvalue weighted by Gasteiger charge is -2.35. The third-order valence-electron chi connectivity index (χ3n) is 4.22. The summed E-state index contributed by atoms with van der Waals surface area (Å²) in [5.41, 5.74) is 7.50. The van der Waals surface area contributed by atoms with Gasteiger partial charge in [-0.2, -0.15) is 0 Å². The molecule has 1 aliphatic rings. The summed E-state index contributed by atoms with van der Waals surface area (Å²) >= 11 is 0. The van der Waals surface area contributed by atoms with Crippen molar-refractivity contribution >= 4 is 10.9 Å². The van der Waals surface area contributed by atoms with Gasteiger partial charge in [-0.3, -0.25) is 4.98 Å². The molecule has 3 rings (SSSR count). The molecule has 1 aromatic heterocycles. The van der Waals surface area contributed by atoms with E-state index in [1.807, 2.05) is 30.5 Å². The van der Waals surface area contributed by atoms with E-state index in [-0.39, 0.29) is 6.04 Å². The van der Waals surface area contributed by atoms with Gasteiger partial charge in [-0.1, -0.05) is 18.2 Å². The summed E-state index contributed by atoms with van der Waals surface area (Å²) < 4.78 is 0. The molecule has 1 aromatic carbocycles.